The second-order valence-corrected chi connectivity index (χ2v) is 4.19. The molecule has 0 aliphatic heterocycles. The van der Waals surface area contributed by atoms with Crippen molar-refractivity contribution in [2.45, 2.75) is 26.2 Å². The first-order chi connectivity index (χ1) is 6.69. The molecule has 0 unspecified atom stereocenters. The Bertz CT molecular complexity index is 312. The predicted octanol–water partition coefficient (Wildman–Crippen LogP) is 2.61. The summed E-state index contributed by atoms with van der Waals surface area (Å²) in [6.45, 7) is 2.76. The number of phenols is 1. The molecule has 0 heterocycles. The van der Waals surface area contributed by atoms with Crippen molar-refractivity contribution < 1.29 is 5.11 Å². The van der Waals surface area contributed by atoms with Gasteiger partial charge in [-0.2, -0.15) is 0 Å². The van der Waals surface area contributed by atoms with Gasteiger partial charge in [-0.15, -0.1) is 0 Å². The van der Waals surface area contributed by atoms with Crippen LogP contribution in [0.3, 0.4) is 0 Å². The number of hydrogen-bond acceptors (Lipinski definition) is 2. The third-order valence-electron chi connectivity index (χ3n) is 2.26. The first-order valence-corrected chi connectivity index (χ1v) is 5.68. The Morgan fingerprint density at radius 2 is 2.14 bits per heavy atom. The monoisotopic (exact) mass is 257 g/mol. The molecule has 0 amide bonds. The molecular formula is C11H16BrNO. The molecule has 0 aromatic heterocycles. The average molecular weight is 258 g/mol. The zero-order valence-corrected chi connectivity index (χ0v) is 9.97. The summed E-state index contributed by atoms with van der Waals surface area (Å²) in [6, 6.07) is 4.01. The maximum atomic E-state index is 9.76. The first kappa shape index (κ1) is 11.5. The van der Waals surface area contributed by atoms with Gasteiger partial charge in [-0.3, -0.25) is 0 Å². The zero-order valence-electron chi connectivity index (χ0n) is 8.39. The summed E-state index contributed by atoms with van der Waals surface area (Å²) in [5, 5.41) is 9.76. The lowest BCUT2D eigenvalue weighted by atomic mass is 10.0. The highest BCUT2D eigenvalue weighted by atomic mass is 79.9. The maximum absolute atomic E-state index is 9.76. The highest BCUT2D eigenvalue weighted by molar-refractivity contribution is 9.10. The van der Waals surface area contributed by atoms with E-state index in [4.69, 9.17) is 5.73 Å². The number of benzene rings is 1. The van der Waals surface area contributed by atoms with Gasteiger partial charge in [0.2, 0.25) is 0 Å². The number of aromatic hydroxyl groups is 1. The second-order valence-electron chi connectivity index (χ2n) is 3.33. The first-order valence-electron chi connectivity index (χ1n) is 4.89. The largest absolute Gasteiger partial charge is 0.506 e. The van der Waals surface area contributed by atoms with Gasteiger partial charge >= 0.3 is 0 Å². The lowest BCUT2D eigenvalue weighted by Crippen LogP contribution is -2.01. The summed E-state index contributed by atoms with van der Waals surface area (Å²) in [7, 11) is 0. The van der Waals surface area contributed by atoms with Gasteiger partial charge < -0.3 is 10.8 Å². The van der Waals surface area contributed by atoms with Crippen LogP contribution in [0, 0.1) is 0 Å². The fourth-order valence-electron chi connectivity index (χ4n) is 1.41. The lowest BCUT2D eigenvalue weighted by molar-refractivity contribution is 0.463. The van der Waals surface area contributed by atoms with Gasteiger partial charge in [0.25, 0.3) is 0 Å². The van der Waals surface area contributed by atoms with Crippen LogP contribution in [-0.4, -0.2) is 11.7 Å². The molecule has 0 radical (unpaired) electrons. The van der Waals surface area contributed by atoms with Gasteiger partial charge in [-0.1, -0.05) is 13.0 Å². The Labute approximate surface area is 93.3 Å². The Morgan fingerprint density at radius 1 is 1.43 bits per heavy atom. The van der Waals surface area contributed by atoms with Crippen LogP contribution < -0.4 is 5.73 Å². The number of rotatable bonds is 4. The van der Waals surface area contributed by atoms with Crippen molar-refractivity contribution in [1.29, 1.82) is 0 Å². The summed E-state index contributed by atoms with van der Waals surface area (Å²) in [5.74, 6) is 0.357. The molecule has 14 heavy (non-hydrogen) atoms. The van der Waals surface area contributed by atoms with E-state index in [9.17, 15) is 5.11 Å². The average Bonchev–Trinajstić information content (AvgIpc) is 2.20. The van der Waals surface area contributed by atoms with Crippen molar-refractivity contribution in [2.24, 2.45) is 5.73 Å². The smallest absolute Gasteiger partial charge is 0.132 e. The normalized spacial score (nSPS) is 10.5. The minimum Gasteiger partial charge on any atom is -0.506 e. The highest BCUT2D eigenvalue weighted by Gasteiger charge is 2.06. The Hall–Kier alpha value is -0.540. The van der Waals surface area contributed by atoms with Crippen molar-refractivity contribution in [3.63, 3.8) is 0 Å². The van der Waals surface area contributed by atoms with Crippen LogP contribution in [0.1, 0.15) is 24.5 Å². The van der Waals surface area contributed by atoms with Crippen LogP contribution in [0.5, 0.6) is 5.75 Å². The molecule has 1 aromatic rings. The Morgan fingerprint density at radius 3 is 2.71 bits per heavy atom. The molecule has 0 saturated heterocycles. The summed E-state index contributed by atoms with van der Waals surface area (Å²) in [6.07, 6.45) is 2.73. The molecule has 1 aromatic carbocycles. The fraction of sp³-hybridized carbons (Fsp3) is 0.455. The van der Waals surface area contributed by atoms with Gasteiger partial charge in [0.15, 0.2) is 0 Å². The van der Waals surface area contributed by atoms with E-state index in [1.165, 1.54) is 5.56 Å². The minimum absolute atomic E-state index is 0.357. The minimum atomic E-state index is 0.357. The van der Waals surface area contributed by atoms with E-state index >= 15 is 0 Å². The van der Waals surface area contributed by atoms with E-state index in [2.05, 4.69) is 28.9 Å². The third kappa shape index (κ3) is 2.72. The maximum Gasteiger partial charge on any atom is 0.132 e. The summed E-state index contributed by atoms with van der Waals surface area (Å²) in [5.41, 5.74) is 7.67. The predicted molar refractivity (Wildman–Crippen MR) is 62.6 cm³/mol. The number of halogens is 1. The second kappa shape index (κ2) is 5.37. The SMILES string of the molecule is CCc1cc(Br)c(O)c(CCCN)c1. The Balaban J connectivity index is 2.95. The fourth-order valence-corrected chi connectivity index (χ4v) is 1.95. The van der Waals surface area contributed by atoms with E-state index in [0.29, 0.717) is 12.3 Å². The van der Waals surface area contributed by atoms with Gasteiger partial charge in [0.05, 0.1) is 4.47 Å². The van der Waals surface area contributed by atoms with E-state index in [0.717, 1.165) is 29.3 Å². The Kier molecular flexibility index (Phi) is 4.42. The summed E-state index contributed by atoms with van der Waals surface area (Å²) < 4.78 is 0.781. The van der Waals surface area contributed by atoms with Gasteiger partial charge in [-0.25, -0.2) is 0 Å². The quantitative estimate of drug-likeness (QED) is 0.872. The molecule has 1 rings (SSSR count). The van der Waals surface area contributed by atoms with Crippen LogP contribution >= 0.6 is 15.9 Å². The van der Waals surface area contributed by atoms with E-state index in [-0.39, 0.29) is 0 Å². The standard InChI is InChI=1S/C11H16BrNO/c1-2-8-6-9(4-3-5-13)11(14)10(12)7-8/h6-7,14H,2-5,13H2,1H3. The van der Waals surface area contributed by atoms with Gasteiger partial charge in [-0.05, 0) is 58.9 Å². The molecule has 0 aliphatic carbocycles. The molecule has 3 N–H and O–H groups in total. The van der Waals surface area contributed by atoms with Crippen molar-refractivity contribution in [3.8, 4) is 5.75 Å². The topological polar surface area (TPSA) is 46.2 Å². The van der Waals surface area contributed by atoms with Crippen LogP contribution in [-0.2, 0) is 12.8 Å². The molecule has 0 bridgehead atoms. The molecule has 0 saturated carbocycles. The van der Waals surface area contributed by atoms with Gasteiger partial charge in [0.1, 0.15) is 5.75 Å². The molecule has 2 nitrogen and oxygen atoms in total. The lowest BCUT2D eigenvalue weighted by Gasteiger charge is -2.08. The van der Waals surface area contributed by atoms with Crippen molar-refractivity contribution in [2.75, 3.05) is 6.54 Å². The van der Waals surface area contributed by atoms with Gasteiger partial charge in [0, 0.05) is 0 Å². The summed E-state index contributed by atoms with van der Waals surface area (Å²) in [4.78, 5) is 0. The van der Waals surface area contributed by atoms with E-state index < -0.39 is 0 Å². The third-order valence-corrected chi connectivity index (χ3v) is 2.87. The number of nitrogens with two attached hydrogens (primary N) is 1. The van der Waals surface area contributed by atoms with E-state index in [1.54, 1.807) is 0 Å². The highest BCUT2D eigenvalue weighted by Crippen LogP contribution is 2.30. The number of aryl methyl sites for hydroxylation is 2. The van der Waals surface area contributed by atoms with E-state index in [1.807, 2.05) is 6.07 Å². The molecule has 0 atom stereocenters. The number of hydrogen-bond donors (Lipinski definition) is 2. The molecule has 0 fully saturated rings. The van der Waals surface area contributed by atoms with Crippen LogP contribution in [0.4, 0.5) is 0 Å². The number of phenolic OH excluding ortho intramolecular Hbond substituents is 1. The molecule has 0 spiro atoms. The van der Waals surface area contributed by atoms with Crippen LogP contribution in [0.15, 0.2) is 16.6 Å². The van der Waals surface area contributed by atoms with Crippen molar-refractivity contribution >= 4 is 15.9 Å². The molecular weight excluding hydrogens is 242 g/mol. The van der Waals surface area contributed by atoms with Crippen LogP contribution in [0.2, 0.25) is 0 Å². The summed E-state index contributed by atoms with van der Waals surface area (Å²) >= 11 is 3.35. The molecule has 0 aliphatic rings. The molecule has 78 valence electrons. The zero-order chi connectivity index (χ0) is 10.6. The van der Waals surface area contributed by atoms with Crippen LogP contribution in [0.25, 0.3) is 0 Å². The van der Waals surface area contributed by atoms with Crippen molar-refractivity contribution in [3.05, 3.63) is 27.7 Å². The van der Waals surface area contributed by atoms with Crippen molar-refractivity contribution in [1.82, 2.24) is 0 Å². The molecule has 3 heteroatoms.